The fourth-order valence-electron chi connectivity index (χ4n) is 2.71. The van der Waals surface area contributed by atoms with Gasteiger partial charge in [-0.1, -0.05) is 30.3 Å². The number of carbonyl (C=O) groups excluding carboxylic acids is 2. The molecule has 0 aliphatic heterocycles. The quantitative estimate of drug-likeness (QED) is 0.494. The molecule has 0 atom stereocenters. The Morgan fingerprint density at radius 3 is 2.30 bits per heavy atom. The molecule has 138 valence electrons. The molecule has 27 heavy (non-hydrogen) atoms. The Morgan fingerprint density at radius 2 is 1.59 bits per heavy atom. The molecule has 0 spiro atoms. The van der Waals surface area contributed by atoms with Gasteiger partial charge in [0.05, 0.1) is 5.56 Å². The van der Waals surface area contributed by atoms with Crippen molar-refractivity contribution in [1.82, 2.24) is 9.88 Å². The van der Waals surface area contributed by atoms with Crippen molar-refractivity contribution in [2.45, 2.75) is 12.8 Å². The molecule has 5 heteroatoms. The van der Waals surface area contributed by atoms with Gasteiger partial charge in [-0.25, -0.2) is 4.79 Å². The van der Waals surface area contributed by atoms with Crippen molar-refractivity contribution in [3.05, 3.63) is 90.3 Å². The van der Waals surface area contributed by atoms with Crippen molar-refractivity contribution in [2.75, 3.05) is 13.2 Å². The van der Waals surface area contributed by atoms with Crippen molar-refractivity contribution in [3.63, 3.8) is 0 Å². The summed E-state index contributed by atoms with van der Waals surface area (Å²) < 4.78 is 7.02. The predicted molar refractivity (Wildman–Crippen MR) is 104 cm³/mol. The van der Waals surface area contributed by atoms with E-state index in [1.807, 2.05) is 59.4 Å². The number of benzene rings is 2. The number of carbonyl (C=O) groups is 2. The summed E-state index contributed by atoms with van der Waals surface area (Å²) in [5, 5.41) is 2.77. The SMILES string of the molecule is O=C(COC(=O)c1ccc(-n2cccc2)cc1)NCCCc1ccccc1. The maximum Gasteiger partial charge on any atom is 0.338 e. The smallest absolute Gasteiger partial charge is 0.338 e. The summed E-state index contributed by atoms with van der Waals surface area (Å²) in [4.78, 5) is 23.9. The van der Waals surface area contributed by atoms with E-state index in [4.69, 9.17) is 4.74 Å². The third kappa shape index (κ3) is 5.57. The number of nitrogens with one attached hydrogen (secondary N) is 1. The molecule has 0 bridgehead atoms. The van der Waals surface area contributed by atoms with Gasteiger partial charge in [-0.05, 0) is 54.8 Å². The van der Waals surface area contributed by atoms with Gasteiger partial charge in [0.2, 0.25) is 0 Å². The molecule has 0 unspecified atom stereocenters. The van der Waals surface area contributed by atoms with E-state index >= 15 is 0 Å². The standard InChI is InChI=1S/C22H22N2O3/c25-21(23-14-6-9-18-7-2-1-3-8-18)17-27-22(26)19-10-12-20(13-11-19)24-15-4-5-16-24/h1-5,7-8,10-13,15-16H,6,9,14,17H2,(H,23,25). The average molecular weight is 362 g/mol. The summed E-state index contributed by atoms with van der Waals surface area (Å²) in [7, 11) is 0. The lowest BCUT2D eigenvalue weighted by atomic mass is 10.1. The van der Waals surface area contributed by atoms with E-state index in [1.54, 1.807) is 12.1 Å². The third-order valence-electron chi connectivity index (χ3n) is 4.15. The summed E-state index contributed by atoms with van der Waals surface area (Å²) in [6.45, 7) is 0.278. The number of aryl methyl sites for hydroxylation is 1. The van der Waals surface area contributed by atoms with Gasteiger partial charge in [0.1, 0.15) is 0 Å². The van der Waals surface area contributed by atoms with E-state index in [-0.39, 0.29) is 12.5 Å². The molecule has 0 radical (unpaired) electrons. The first-order chi connectivity index (χ1) is 13.2. The predicted octanol–water partition coefficient (Wildman–Crippen LogP) is 3.38. The first-order valence-electron chi connectivity index (χ1n) is 8.93. The minimum atomic E-state index is -0.506. The van der Waals surface area contributed by atoms with Crippen LogP contribution in [0.3, 0.4) is 0 Å². The first-order valence-corrected chi connectivity index (χ1v) is 8.93. The fourth-order valence-corrected chi connectivity index (χ4v) is 2.71. The van der Waals surface area contributed by atoms with Crippen LogP contribution in [0.1, 0.15) is 22.3 Å². The molecule has 0 saturated carbocycles. The summed E-state index contributed by atoms with van der Waals surface area (Å²) in [6, 6.07) is 21.0. The van der Waals surface area contributed by atoms with Crippen LogP contribution >= 0.6 is 0 Å². The molecule has 3 aromatic rings. The second-order valence-electron chi connectivity index (χ2n) is 6.15. The van der Waals surface area contributed by atoms with Gasteiger partial charge in [0, 0.05) is 24.6 Å². The molecule has 0 aliphatic rings. The van der Waals surface area contributed by atoms with Gasteiger partial charge in [-0.3, -0.25) is 4.79 Å². The number of ether oxygens (including phenoxy) is 1. The van der Waals surface area contributed by atoms with Crippen LogP contribution < -0.4 is 5.32 Å². The molecule has 0 aliphatic carbocycles. The summed E-state index contributed by atoms with van der Waals surface area (Å²) in [5.41, 5.74) is 2.61. The Kier molecular flexibility index (Phi) is 6.41. The number of rotatable bonds is 8. The molecule has 2 aromatic carbocycles. The molecular weight excluding hydrogens is 340 g/mol. The Balaban J connectivity index is 1.37. The highest BCUT2D eigenvalue weighted by atomic mass is 16.5. The first kappa shape index (κ1) is 18.5. The Bertz CT molecular complexity index is 856. The van der Waals surface area contributed by atoms with Crippen molar-refractivity contribution in [2.24, 2.45) is 0 Å². The van der Waals surface area contributed by atoms with Gasteiger partial charge < -0.3 is 14.6 Å². The fraction of sp³-hybridized carbons (Fsp3) is 0.182. The lowest BCUT2D eigenvalue weighted by molar-refractivity contribution is -0.124. The van der Waals surface area contributed by atoms with E-state index in [0.29, 0.717) is 12.1 Å². The minimum absolute atomic E-state index is 0.274. The largest absolute Gasteiger partial charge is 0.452 e. The highest BCUT2D eigenvalue weighted by Gasteiger charge is 2.10. The van der Waals surface area contributed by atoms with Crippen LogP contribution in [0.5, 0.6) is 0 Å². The zero-order valence-corrected chi connectivity index (χ0v) is 15.0. The van der Waals surface area contributed by atoms with E-state index in [9.17, 15) is 9.59 Å². The van der Waals surface area contributed by atoms with Gasteiger partial charge in [0.15, 0.2) is 6.61 Å². The maximum atomic E-state index is 12.1. The van der Waals surface area contributed by atoms with Crippen LogP contribution in [-0.4, -0.2) is 29.6 Å². The number of amides is 1. The average Bonchev–Trinajstić information content (AvgIpc) is 3.25. The minimum Gasteiger partial charge on any atom is -0.452 e. The lowest BCUT2D eigenvalue weighted by Gasteiger charge is -2.08. The van der Waals surface area contributed by atoms with Crippen LogP contribution in [0, 0.1) is 0 Å². The van der Waals surface area contributed by atoms with Crippen LogP contribution in [0.4, 0.5) is 0 Å². The molecule has 1 N–H and O–H groups in total. The normalized spacial score (nSPS) is 10.4. The van der Waals surface area contributed by atoms with E-state index in [1.165, 1.54) is 5.56 Å². The van der Waals surface area contributed by atoms with Gasteiger partial charge in [0.25, 0.3) is 5.91 Å². The van der Waals surface area contributed by atoms with Crippen molar-refractivity contribution in [1.29, 1.82) is 0 Å². The molecule has 1 amide bonds. The van der Waals surface area contributed by atoms with Gasteiger partial charge >= 0.3 is 5.97 Å². The maximum absolute atomic E-state index is 12.1. The van der Waals surface area contributed by atoms with Crippen molar-refractivity contribution < 1.29 is 14.3 Å². The topological polar surface area (TPSA) is 60.3 Å². The van der Waals surface area contributed by atoms with Crippen LogP contribution in [0.2, 0.25) is 0 Å². The number of aromatic nitrogens is 1. The Hall–Kier alpha value is -3.34. The van der Waals surface area contributed by atoms with Crippen LogP contribution in [-0.2, 0) is 16.0 Å². The molecule has 0 saturated heterocycles. The zero-order chi connectivity index (χ0) is 18.9. The highest BCUT2D eigenvalue weighted by molar-refractivity contribution is 5.91. The monoisotopic (exact) mass is 362 g/mol. The molecule has 1 aromatic heterocycles. The van der Waals surface area contributed by atoms with Crippen molar-refractivity contribution in [3.8, 4) is 5.69 Å². The Labute approximate surface area is 158 Å². The highest BCUT2D eigenvalue weighted by Crippen LogP contribution is 2.11. The van der Waals surface area contributed by atoms with E-state index < -0.39 is 5.97 Å². The van der Waals surface area contributed by atoms with Crippen molar-refractivity contribution >= 4 is 11.9 Å². The second-order valence-corrected chi connectivity index (χ2v) is 6.15. The molecule has 3 rings (SSSR count). The van der Waals surface area contributed by atoms with Crippen LogP contribution in [0.25, 0.3) is 5.69 Å². The van der Waals surface area contributed by atoms with Gasteiger partial charge in [-0.15, -0.1) is 0 Å². The number of hydrogen-bond acceptors (Lipinski definition) is 3. The van der Waals surface area contributed by atoms with Crippen LogP contribution in [0.15, 0.2) is 79.1 Å². The summed E-state index contributed by atoms with van der Waals surface area (Å²) in [5.74, 6) is -0.797. The lowest BCUT2D eigenvalue weighted by Crippen LogP contribution is -2.29. The second kappa shape index (κ2) is 9.38. The number of nitrogens with zero attached hydrogens (tertiary/aromatic N) is 1. The Morgan fingerprint density at radius 1 is 0.889 bits per heavy atom. The third-order valence-corrected chi connectivity index (χ3v) is 4.15. The summed E-state index contributed by atoms with van der Waals surface area (Å²) >= 11 is 0. The molecule has 0 fully saturated rings. The molecule has 1 heterocycles. The van der Waals surface area contributed by atoms with E-state index in [0.717, 1.165) is 18.5 Å². The summed E-state index contributed by atoms with van der Waals surface area (Å²) in [6.07, 6.45) is 5.59. The molecular formula is C22H22N2O3. The number of hydrogen-bond donors (Lipinski definition) is 1. The molecule has 5 nitrogen and oxygen atoms in total. The van der Waals surface area contributed by atoms with Gasteiger partial charge in [-0.2, -0.15) is 0 Å². The van der Waals surface area contributed by atoms with E-state index in [2.05, 4.69) is 17.4 Å². The zero-order valence-electron chi connectivity index (χ0n) is 15.0. The number of esters is 1.